The molecule has 1 unspecified atom stereocenters. The van der Waals surface area contributed by atoms with Crippen LogP contribution in [0.5, 0.6) is 6.01 Å². The number of anilines is 1. The molecule has 0 saturated carbocycles. The molecule has 0 aliphatic carbocycles. The van der Waals surface area contributed by atoms with E-state index < -0.39 is 18.0 Å². The van der Waals surface area contributed by atoms with Crippen molar-refractivity contribution in [2.45, 2.75) is 51.0 Å². The fourth-order valence-electron chi connectivity index (χ4n) is 7.80. The van der Waals surface area contributed by atoms with Crippen LogP contribution in [-0.2, 0) is 16.1 Å². The fourth-order valence-corrected chi connectivity index (χ4v) is 7.80. The van der Waals surface area contributed by atoms with Crippen molar-refractivity contribution in [2.75, 3.05) is 50.8 Å². The number of amides is 1. The second-order valence-corrected chi connectivity index (χ2v) is 13.7. The van der Waals surface area contributed by atoms with Crippen LogP contribution in [0.1, 0.15) is 30.4 Å². The second kappa shape index (κ2) is 14.7. The first-order chi connectivity index (χ1) is 25.5. The minimum Gasteiger partial charge on any atom is -0.463 e. The van der Waals surface area contributed by atoms with Crippen molar-refractivity contribution in [1.29, 1.82) is 5.26 Å². The van der Waals surface area contributed by atoms with Gasteiger partial charge in [0.1, 0.15) is 23.6 Å². The lowest BCUT2D eigenvalue weighted by Gasteiger charge is -2.40. The number of nitrogens with zero attached hydrogens (tertiary/aromatic N) is 7. The molecule has 2 bridgehead atoms. The first kappa shape index (κ1) is 33.7. The highest BCUT2D eigenvalue weighted by atomic mass is 19.1. The van der Waals surface area contributed by atoms with Crippen molar-refractivity contribution in [3.05, 3.63) is 89.9 Å². The number of pyridine rings is 1. The summed E-state index contributed by atoms with van der Waals surface area (Å²) in [4.78, 5) is 33.4. The Morgan fingerprint density at radius 2 is 1.90 bits per heavy atom. The molecule has 12 heteroatoms. The number of likely N-dealkylation sites (tertiary alicyclic amines) is 1. The Bertz CT molecular complexity index is 2140. The van der Waals surface area contributed by atoms with Gasteiger partial charge in [0.2, 0.25) is 0 Å². The lowest BCUT2D eigenvalue weighted by atomic mass is 9.97. The molecule has 0 radical (unpaired) electrons. The summed E-state index contributed by atoms with van der Waals surface area (Å²) in [6.45, 7) is 6.02. The zero-order valence-corrected chi connectivity index (χ0v) is 29.1. The number of aromatic nitrogens is 3. The van der Waals surface area contributed by atoms with Crippen LogP contribution in [0.2, 0.25) is 0 Å². The van der Waals surface area contributed by atoms with E-state index in [1.807, 2.05) is 78.6 Å². The molecule has 52 heavy (non-hydrogen) atoms. The number of hydrogen-bond acceptors (Lipinski definition) is 10. The van der Waals surface area contributed by atoms with Crippen molar-refractivity contribution in [3.8, 4) is 23.3 Å². The van der Waals surface area contributed by atoms with Gasteiger partial charge in [-0.2, -0.15) is 15.2 Å². The number of aryl methyl sites for hydroxylation is 1. The van der Waals surface area contributed by atoms with Gasteiger partial charge >= 0.3 is 12.1 Å². The molecule has 3 fully saturated rings. The van der Waals surface area contributed by atoms with E-state index >= 15 is 4.39 Å². The van der Waals surface area contributed by atoms with E-state index in [0.717, 1.165) is 54.4 Å². The normalized spacial score (nSPS) is 20.1. The van der Waals surface area contributed by atoms with Crippen molar-refractivity contribution < 1.29 is 23.4 Å². The van der Waals surface area contributed by atoms with Gasteiger partial charge in [-0.15, -0.1) is 0 Å². The van der Waals surface area contributed by atoms with Gasteiger partial charge < -0.3 is 24.0 Å². The number of benzene rings is 3. The first-order valence-electron chi connectivity index (χ1n) is 17.9. The van der Waals surface area contributed by atoms with Gasteiger partial charge in [0, 0.05) is 50.5 Å². The molecular weight excluding hydrogens is 661 g/mol. The summed E-state index contributed by atoms with van der Waals surface area (Å²) in [5, 5.41) is 12.1. The smallest absolute Gasteiger partial charge is 0.410 e. The maximum Gasteiger partial charge on any atom is 0.410 e. The molecule has 3 aliphatic heterocycles. The molecule has 266 valence electrons. The van der Waals surface area contributed by atoms with E-state index in [1.54, 1.807) is 11.1 Å². The third-order valence-electron chi connectivity index (χ3n) is 10.4. The zero-order chi connectivity index (χ0) is 35.6. The van der Waals surface area contributed by atoms with Crippen molar-refractivity contribution in [1.82, 2.24) is 24.8 Å². The van der Waals surface area contributed by atoms with E-state index in [9.17, 15) is 10.1 Å². The molecule has 3 saturated heterocycles. The van der Waals surface area contributed by atoms with Gasteiger partial charge in [0.15, 0.2) is 5.82 Å². The predicted molar refractivity (Wildman–Crippen MR) is 194 cm³/mol. The average Bonchev–Trinajstić information content (AvgIpc) is 3.80. The number of fused-ring (bicyclic) bond motifs is 4. The third kappa shape index (κ3) is 6.69. The summed E-state index contributed by atoms with van der Waals surface area (Å²) in [7, 11) is 0. The number of halogens is 1. The van der Waals surface area contributed by atoms with Crippen LogP contribution in [0, 0.1) is 24.1 Å². The Balaban J connectivity index is 1.09. The van der Waals surface area contributed by atoms with Crippen molar-refractivity contribution in [3.63, 3.8) is 0 Å². The quantitative estimate of drug-likeness (QED) is 0.154. The summed E-state index contributed by atoms with van der Waals surface area (Å²) >= 11 is 0. The van der Waals surface area contributed by atoms with Crippen molar-refractivity contribution in [2.24, 2.45) is 0 Å². The largest absolute Gasteiger partial charge is 0.463 e. The molecule has 5 heterocycles. The van der Waals surface area contributed by atoms with Gasteiger partial charge in [-0.3, -0.25) is 9.88 Å². The molecule has 5 aromatic rings. The topological polar surface area (TPSA) is 117 Å². The molecule has 3 aliphatic rings. The number of piperazine rings is 1. The Hall–Kier alpha value is -5.38. The second-order valence-electron chi connectivity index (χ2n) is 13.7. The number of nitriles is 1. The molecule has 0 spiro atoms. The number of carbonyl (C=O) groups is 1. The minimum absolute atomic E-state index is 0.0699. The number of carbonyl (C=O) groups excluding carboxylic acids is 1. The van der Waals surface area contributed by atoms with Crippen LogP contribution in [0.4, 0.5) is 15.0 Å². The van der Waals surface area contributed by atoms with E-state index in [2.05, 4.69) is 20.9 Å². The van der Waals surface area contributed by atoms with Crippen LogP contribution in [0.25, 0.3) is 32.9 Å². The first-order valence-corrected chi connectivity index (χ1v) is 17.9. The van der Waals surface area contributed by atoms with Gasteiger partial charge in [-0.1, -0.05) is 66.7 Å². The zero-order valence-electron chi connectivity index (χ0n) is 29.1. The number of rotatable bonds is 10. The molecule has 11 nitrogen and oxygen atoms in total. The van der Waals surface area contributed by atoms with Gasteiger partial charge in [-0.25, -0.2) is 9.18 Å². The van der Waals surface area contributed by atoms with Crippen LogP contribution in [-0.4, -0.2) is 95.0 Å². The van der Waals surface area contributed by atoms with E-state index in [0.29, 0.717) is 42.1 Å². The highest BCUT2D eigenvalue weighted by molar-refractivity contribution is 6.00. The Kier molecular flexibility index (Phi) is 9.54. The molecule has 1 amide bonds. The highest BCUT2D eigenvalue weighted by Gasteiger charge is 2.38. The van der Waals surface area contributed by atoms with E-state index in [1.165, 1.54) is 0 Å². The van der Waals surface area contributed by atoms with Gasteiger partial charge in [-0.05, 0) is 41.7 Å². The van der Waals surface area contributed by atoms with E-state index in [4.69, 9.17) is 19.2 Å². The molecule has 3 atom stereocenters. The Morgan fingerprint density at radius 3 is 2.69 bits per heavy atom. The number of hydrogen-bond donors (Lipinski definition) is 0. The molecule has 3 aromatic carbocycles. The average molecular weight is 702 g/mol. The molecular formula is C40H40FN7O4. The standard InChI is InChI=1S/C40H40FN7O4/c1-26-8-5-11-28-12-6-13-32(34(26)28)36-35(41)37-33(21-43-36)38(45-39(44-37)50-19-7-16-46-23-31-20-30(46)25-51-31)47-17-18-48(29(22-47)14-15-42)40(49)52-24-27-9-3-2-4-10-27/h2-6,8-13,21,29-31H,7,14,16-20,22-25H2,1H3/t29-,30-,31?/m0/s1. The minimum atomic E-state index is -0.563. The maximum absolute atomic E-state index is 16.9. The highest BCUT2D eigenvalue weighted by Crippen LogP contribution is 2.36. The van der Waals surface area contributed by atoms with Crippen molar-refractivity contribution >= 4 is 33.6 Å². The molecule has 2 aromatic heterocycles. The summed E-state index contributed by atoms with van der Waals surface area (Å²) in [6, 6.07) is 23.5. The fraction of sp³-hybridized carbons (Fsp3) is 0.375. The summed E-state index contributed by atoms with van der Waals surface area (Å²) < 4.78 is 34.4. The SMILES string of the molecule is Cc1cccc2cccc(-c3ncc4c(N5CCN(C(=O)OCc6ccccc6)[C@@H](CC#N)C5)nc(OCCCN5CC6C[C@H]5CO6)nc4c3F)c12. The Labute approximate surface area is 301 Å². The summed E-state index contributed by atoms with van der Waals surface area (Å²) in [5.41, 5.74) is 2.87. The molecule has 8 rings (SSSR count). The van der Waals surface area contributed by atoms with Gasteiger partial charge in [0.05, 0.1) is 43.2 Å². The van der Waals surface area contributed by atoms with Crippen LogP contribution in [0.3, 0.4) is 0 Å². The predicted octanol–water partition coefficient (Wildman–Crippen LogP) is 6.28. The van der Waals surface area contributed by atoms with Crippen LogP contribution >= 0.6 is 0 Å². The monoisotopic (exact) mass is 701 g/mol. The number of morpholine rings is 1. The van der Waals surface area contributed by atoms with Gasteiger partial charge in [0.25, 0.3) is 0 Å². The number of ether oxygens (including phenoxy) is 3. The summed E-state index contributed by atoms with van der Waals surface area (Å²) in [5.74, 6) is -0.118. The maximum atomic E-state index is 16.9. The Morgan fingerprint density at radius 1 is 1.06 bits per heavy atom. The lowest BCUT2D eigenvalue weighted by Crippen LogP contribution is -2.55. The third-order valence-corrected chi connectivity index (χ3v) is 10.4. The molecule has 0 N–H and O–H groups in total. The summed E-state index contributed by atoms with van der Waals surface area (Å²) in [6.07, 6.45) is 3.38. The van der Waals surface area contributed by atoms with Crippen LogP contribution < -0.4 is 9.64 Å². The van der Waals surface area contributed by atoms with Crippen LogP contribution in [0.15, 0.2) is 72.9 Å². The lowest BCUT2D eigenvalue weighted by molar-refractivity contribution is 0.0287. The van der Waals surface area contributed by atoms with E-state index in [-0.39, 0.29) is 43.3 Å².